The van der Waals surface area contributed by atoms with E-state index in [9.17, 15) is 9.18 Å². The maximum atomic E-state index is 13.4. The number of carbonyl (C=O) groups is 1. The molecule has 134 valence electrons. The Balaban J connectivity index is 1.40. The number of furan rings is 1. The maximum absolute atomic E-state index is 13.4. The predicted octanol–water partition coefficient (Wildman–Crippen LogP) is 3.87. The molecule has 0 bridgehead atoms. The molecular formula is C19H23FN2O3. The zero-order valence-corrected chi connectivity index (χ0v) is 14.1. The molecule has 1 aliphatic heterocycles. The summed E-state index contributed by atoms with van der Waals surface area (Å²) in [5.41, 5.74) is 0.856. The summed E-state index contributed by atoms with van der Waals surface area (Å²) in [5, 5.41) is 2.92. The predicted molar refractivity (Wildman–Crippen MR) is 91.5 cm³/mol. The SMILES string of the molecule is O=C(NCCCOCc1ccco1)N1CCCC1c1cccc(F)c1. The minimum absolute atomic E-state index is 0.0501. The average Bonchev–Trinajstić information content (AvgIpc) is 3.29. The van der Waals surface area contributed by atoms with Crippen molar-refractivity contribution in [3.63, 3.8) is 0 Å². The fraction of sp³-hybridized carbons (Fsp3) is 0.421. The van der Waals surface area contributed by atoms with E-state index in [1.807, 2.05) is 18.2 Å². The molecule has 25 heavy (non-hydrogen) atoms. The van der Waals surface area contributed by atoms with Crippen LogP contribution in [0.5, 0.6) is 0 Å². The lowest BCUT2D eigenvalue weighted by Gasteiger charge is -2.25. The number of hydrogen-bond donors (Lipinski definition) is 1. The van der Waals surface area contributed by atoms with Gasteiger partial charge >= 0.3 is 6.03 Å². The second-order valence-electron chi connectivity index (χ2n) is 6.12. The Labute approximate surface area is 146 Å². The van der Waals surface area contributed by atoms with Gasteiger partial charge in [0, 0.05) is 19.7 Å². The van der Waals surface area contributed by atoms with Gasteiger partial charge in [0.2, 0.25) is 0 Å². The van der Waals surface area contributed by atoms with Gasteiger partial charge < -0.3 is 19.4 Å². The molecule has 1 aliphatic rings. The van der Waals surface area contributed by atoms with Crippen molar-refractivity contribution < 1.29 is 18.3 Å². The van der Waals surface area contributed by atoms with Crippen LogP contribution in [-0.2, 0) is 11.3 Å². The Morgan fingerprint density at radius 1 is 1.36 bits per heavy atom. The summed E-state index contributed by atoms with van der Waals surface area (Å²) >= 11 is 0. The summed E-state index contributed by atoms with van der Waals surface area (Å²) < 4.78 is 24.1. The van der Waals surface area contributed by atoms with Crippen molar-refractivity contribution in [2.24, 2.45) is 0 Å². The van der Waals surface area contributed by atoms with Crippen molar-refractivity contribution in [2.75, 3.05) is 19.7 Å². The molecule has 1 aromatic carbocycles. The number of amides is 2. The van der Waals surface area contributed by atoms with Crippen molar-refractivity contribution in [1.29, 1.82) is 0 Å². The molecule has 1 saturated heterocycles. The van der Waals surface area contributed by atoms with Crippen LogP contribution in [0.15, 0.2) is 47.1 Å². The van der Waals surface area contributed by atoms with Gasteiger partial charge in [0.1, 0.15) is 18.2 Å². The highest BCUT2D eigenvalue weighted by Gasteiger charge is 2.29. The Morgan fingerprint density at radius 3 is 3.08 bits per heavy atom. The lowest BCUT2D eigenvalue weighted by Crippen LogP contribution is -2.40. The van der Waals surface area contributed by atoms with Crippen LogP contribution >= 0.6 is 0 Å². The molecule has 5 nitrogen and oxygen atoms in total. The molecule has 2 heterocycles. The summed E-state index contributed by atoms with van der Waals surface area (Å²) in [6, 6.07) is 10.0. The van der Waals surface area contributed by atoms with Gasteiger partial charge in [-0.15, -0.1) is 0 Å². The van der Waals surface area contributed by atoms with E-state index in [0.717, 1.165) is 30.6 Å². The maximum Gasteiger partial charge on any atom is 0.317 e. The summed E-state index contributed by atoms with van der Waals surface area (Å²) in [4.78, 5) is 14.2. The van der Waals surface area contributed by atoms with Gasteiger partial charge in [-0.3, -0.25) is 0 Å². The molecule has 1 unspecified atom stereocenters. The first-order valence-corrected chi connectivity index (χ1v) is 8.64. The molecule has 1 N–H and O–H groups in total. The molecule has 1 atom stereocenters. The van der Waals surface area contributed by atoms with E-state index in [1.54, 1.807) is 17.2 Å². The van der Waals surface area contributed by atoms with Gasteiger partial charge in [-0.25, -0.2) is 9.18 Å². The van der Waals surface area contributed by atoms with Gasteiger partial charge in [0.15, 0.2) is 0 Å². The molecule has 0 aliphatic carbocycles. The summed E-state index contributed by atoms with van der Waals surface area (Å²) in [6.07, 6.45) is 4.14. The standard InChI is InChI=1S/C19H23FN2O3/c20-16-6-1-5-15(13-16)18-8-2-10-22(18)19(23)21-9-4-11-24-14-17-7-3-12-25-17/h1,3,5-7,12-13,18H,2,4,8-11,14H2,(H,21,23). The molecule has 0 radical (unpaired) electrons. The van der Waals surface area contributed by atoms with Gasteiger partial charge in [0.05, 0.1) is 12.3 Å². The molecule has 1 aromatic heterocycles. The highest BCUT2D eigenvalue weighted by molar-refractivity contribution is 5.75. The number of halogens is 1. The topological polar surface area (TPSA) is 54.7 Å². The third-order valence-electron chi connectivity index (χ3n) is 4.31. The molecule has 2 aromatic rings. The van der Waals surface area contributed by atoms with E-state index in [4.69, 9.17) is 9.15 Å². The van der Waals surface area contributed by atoms with E-state index in [1.165, 1.54) is 12.1 Å². The number of likely N-dealkylation sites (tertiary alicyclic amines) is 1. The Morgan fingerprint density at radius 2 is 2.28 bits per heavy atom. The van der Waals surface area contributed by atoms with Gasteiger partial charge in [0.25, 0.3) is 0 Å². The fourth-order valence-electron chi connectivity index (χ4n) is 3.11. The first kappa shape index (κ1) is 17.5. The quantitative estimate of drug-likeness (QED) is 0.774. The molecule has 0 spiro atoms. The Bertz CT molecular complexity index is 675. The second kappa shape index (κ2) is 8.67. The fourth-order valence-corrected chi connectivity index (χ4v) is 3.11. The number of carbonyl (C=O) groups excluding carboxylic acids is 1. The summed E-state index contributed by atoms with van der Waals surface area (Å²) in [6.45, 7) is 2.23. The molecule has 1 fully saturated rings. The van der Waals surface area contributed by atoms with Crippen LogP contribution < -0.4 is 5.32 Å². The van der Waals surface area contributed by atoms with Crippen LogP contribution in [0.25, 0.3) is 0 Å². The molecule has 6 heteroatoms. The van der Waals surface area contributed by atoms with Crippen LogP contribution in [0, 0.1) is 5.82 Å². The van der Waals surface area contributed by atoms with E-state index in [2.05, 4.69) is 5.32 Å². The van der Waals surface area contributed by atoms with Gasteiger partial charge in [-0.05, 0) is 49.1 Å². The first-order valence-electron chi connectivity index (χ1n) is 8.64. The van der Waals surface area contributed by atoms with Crippen LogP contribution in [0.3, 0.4) is 0 Å². The number of nitrogens with one attached hydrogen (secondary N) is 1. The lowest BCUT2D eigenvalue weighted by atomic mass is 10.0. The molecular weight excluding hydrogens is 323 g/mol. The Kier molecular flexibility index (Phi) is 6.06. The highest BCUT2D eigenvalue weighted by atomic mass is 19.1. The van der Waals surface area contributed by atoms with Crippen molar-refractivity contribution in [2.45, 2.75) is 31.9 Å². The number of nitrogens with zero attached hydrogens (tertiary/aromatic N) is 1. The zero-order chi connectivity index (χ0) is 17.5. The van der Waals surface area contributed by atoms with Crippen LogP contribution in [0.1, 0.15) is 36.6 Å². The second-order valence-corrected chi connectivity index (χ2v) is 6.12. The largest absolute Gasteiger partial charge is 0.467 e. The van der Waals surface area contributed by atoms with Crippen molar-refractivity contribution in [3.05, 3.63) is 59.8 Å². The minimum Gasteiger partial charge on any atom is -0.467 e. The smallest absolute Gasteiger partial charge is 0.317 e. The molecule has 2 amide bonds. The molecule has 3 rings (SSSR count). The zero-order valence-electron chi connectivity index (χ0n) is 14.1. The minimum atomic E-state index is -0.265. The van der Waals surface area contributed by atoms with Crippen molar-refractivity contribution in [1.82, 2.24) is 10.2 Å². The number of rotatable bonds is 7. The number of urea groups is 1. The number of benzene rings is 1. The van der Waals surface area contributed by atoms with Crippen LogP contribution in [0.4, 0.5) is 9.18 Å². The van der Waals surface area contributed by atoms with E-state index in [0.29, 0.717) is 26.3 Å². The monoisotopic (exact) mass is 346 g/mol. The van der Waals surface area contributed by atoms with E-state index in [-0.39, 0.29) is 17.9 Å². The van der Waals surface area contributed by atoms with Crippen molar-refractivity contribution >= 4 is 6.03 Å². The van der Waals surface area contributed by atoms with Gasteiger partial charge in [-0.1, -0.05) is 12.1 Å². The molecule has 0 saturated carbocycles. The lowest BCUT2D eigenvalue weighted by molar-refractivity contribution is 0.104. The van der Waals surface area contributed by atoms with Crippen LogP contribution in [-0.4, -0.2) is 30.6 Å². The van der Waals surface area contributed by atoms with Crippen molar-refractivity contribution in [3.8, 4) is 0 Å². The number of hydrogen-bond acceptors (Lipinski definition) is 3. The average molecular weight is 346 g/mol. The number of ether oxygens (including phenoxy) is 1. The first-order chi connectivity index (χ1) is 12.2. The summed E-state index contributed by atoms with van der Waals surface area (Å²) in [5.74, 6) is 0.525. The summed E-state index contributed by atoms with van der Waals surface area (Å²) in [7, 11) is 0. The Hall–Kier alpha value is -2.34. The van der Waals surface area contributed by atoms with E-state index >= 15 is 0 Å². The third-order valence-corrected chi connectivity index (χ3v) is 4.31. The van der Waals surface area contributed by atoms with Crippen LogP contribution in [0.2, 0.25) is 0 Å². The normalized spacial score (nSPS) is 17.0. The third kappa shape index (κ3) is 4.82. The van der Waals surface area contributed by atoms with Gasteiger partial charge in [-0.2, -0.15) is 0 Å². The highest BCUT2D eigenvalue weighted by Crippen LogP contribution is 2.31. The van der Waals surface area contributed by atoms with E-state index < -0.39 is 0 Å².